The van der Waals surface area contributed by atoms with E-state index in [1.165, 1.54) is 6.07 Å². The molecule has 0 saturated carbocycles. The summed E-state index contributed by atoms with van der Waals surface area (Å²) in [6.07, 6.45) is 1.74. The third-order valence-corrected chi connectivity index (χ3v) is 3.44. The maximum Gasteiger partial charge on any atom is 0.179 e. The molecular formula is C14H17F2NO2. The van der Waals surface area contributed by atoms with Gasteiger partial charge in [0, 0.05) is 25.3 Å². The minimum Gasteiger partial charge on any atom is -0.381 e. The molecule has 0 N–H and O–H groups in total. The number of nitrogens with zero attached hydrogens (tertiary/aromatic N) is 1. The lowest BCUT2D eigenvalue weighted by atomic mass is 10.1. The molecule has 0 spiro atoms. The van der Waals surface area contributed by atoms with E-state index in [0.29, 0.717) is 13.2 Å². The lowest BCUT2D eigenvalue weighted by Gasteiger charge is -2.30. The van der Waals surface area contributed by atoms with E-state index < -0.39 is 11.6 Å². The summed E-state index contributed by atoms with van der Waals surface area (Å²) in [7, 11) is 1.84. The average molecular weight is 269 g/mol. The zero-order valence-corrected chi connectivity index (χ0v) is 10.9. The number of hydrogen-bond acceptors (Lipinski definition) is 3. The zero-order chi connectivity index (χ0) is 13.8. The summed E-state index contributed by atoms with van der Waals surface area (Å²) >= 11 is 0. The molecule has 1 aliphatic rings. The molecule has 0 radical (unpaired) electrons. The van der Waals surface area contributed by atoms with E-state index >= 15 is 0 Å². The topological polar surface area (TPSA) is 29.5 Å². The van der Waals surface area contributed by atoms with Crippen molar-refractivity contribution in [1.82, 2.24) is 4.90 Å². The van der Waals surface area contributed by atoms with Crippen molar-refractivity contribution in [1.29, 1.82) is 0 Å². The summed E-state index contributed by atoms with van der Waals surface area (Å²) in [6, 6.07) is 3.32. The number of ether oxygens (including phenoxy) is 1. The Morgan fingerprint density at radius 3 is 2.68 bits per heavy atom. The Morgan fingerprint density at radius 1 is 1.37 bits per heavy atom. The Balaban J connectivity index is 1.99. The molecule has 0 bridgehead atoms. The minimum atomic E-state index is -0.801. The number of halogens is 2. The number of hydrogen-bond donors (Lipinski definition) is 0. The second-order valence-electron chi connectivity index (χ2n) is 4.81. The van der Waals surface area contributed by atoms with Gasteiger partial charge < -0.3 is 4.74 Å². The lowest BCUT2D eigenvalue weighted by Crippen LogP contribution is -2.39. The van der Waals surface area contributed by atoms with Crippen LogP contribution in [0.4, 0.5) is 8.78 Å². The number of likely N-dealkylation sites (N-methyl/N-ethyl adjacent to an activating group) is 1. The van der Waals surface area contributed by atoms with Crippen molar-refractivity contribution < 1.29 is 18.3 Å². The average Bonchev–Trinajstić information content (AvgIpc) is 2.39. The van der Waals surface area contributed by atoms with Crippen LogP contribution in [0.5, 0.6) is 0 Å². The van der Waals surface area contributed by atoms with Crippen LogP contribution in [0.15, 0.2) is 18.2 Å². The molecule has 0 unspecified atom stereocenters. The Hall–Kier alpha value is -1.33. The van der Waals surface area contributed by atoms with Crippen molar-refractivity contribution >= 4 is 5.78 Å². The summed E-state index contributed by atoms with van der Waals surface area (Å²) in [6.45, 7) is 1.51. The van der Waals surface area contributed by atoms with E-state index in [4.69, 9.17) is 4.74 Å². The number of benzene rings is 1. The number of ketones is 1. The van der Waals surface area contributed by atoms with Gasteiger partial charge in [0.2, 0.25) is 0 Å². The molecule has 0 aromatic heterocycles. The highest BCUT2D eigenvalue weighted by Crippen LogP contribution is 2.15. The monoisotopic (exact) mass is 269 g/mol. The molecule has 1 saturated heterocycles. The van der Waals surface area contributed by atoms with Gasteiger partial charge in [-0.1, -0.05) is 0 Å². The van der Waals surface area contributed by atoms with Gasteiger partial charge >= 0.3 is 0 Å². The minimum absolute atomic E-state index is 0.0553. The van der Waals surface area contributed by atoms with Gasteiger partial charge in [0.05, 0.1) is 12.1 Å². The molecule has 0 atom stereocenters. The van der Waals surface area contributed by atoms with Crippen LogP contribution < -0.4 is 0 Å². The smallest absolute Gasteiger partial charge is 0.179 e. The van der Waals surface area contributed by atoms with Crippen molar-refractivity contribution in [2.75, 3.05) is 26.8 Å². The molecular weight excluding hydrogens is 252 g/mol. The van der Waals surface area contributed by atoms with Crippen molar-refractivity contribution in [2.45, 2.75) is 18.9 Å². The van der Waals surface area contributed by atoms with Gasteiger partial charge in [0.1, 0.15) is 11.6 Å². The lowest BCUT2D eigenvalue weighted by molar-refractivity contribution is 0.0418. The van der Waals surface area contributed by atoms with Crippen LogP contribution in [0.1, 0.15) is 23.2 Å². The standard InChI is InChI=1S/C14H17F2NO2/c1-17(11-4-6-19-7-5-11)9-14(18)12-3-2-10(15)8-13(12)16/h2-3,8,11H,4-7,9H2,1H3. The van der Waals surface area contributed by atoms with Gasteiger partial charge in [-0.05, 0) is 32.0 Å². The SMILES string of the molecule is CN(CC(=O)c1ccc(F)cc1F)C1CCOCC1. The van der Waals surface area contributed by atoms with Crippen molar-refractivity contribution in [3.8, 4) is 0 Å². The first-order valence-corrected chi connectivity index (χ1v) is 6.34. The molecule has 2 rings (SSSR count). The fraction of sp³-hybridized carbons (Fsp3) is 0.500. The third kappa shape index (κ3) is 3.58. The number of rotatable bonds is 4. The third-order valence-electron chi connectivity index (χ3n) is 3.44. The van der Waals surface area contributed by atoms with Gasteiger partial charge in [-0.15, -0.1) is 0 Å². The second kappa shape index (κ2) is 6.21. The maximum absolute atomic E-state index is 13.5. The van der Waals surface area contributed by atoms with E-state index in [2.05, 4.69) is 0 Å². The van der Waals surface area contributed by atoms with E-state index in [1.54, 1.807) is 0 Å². The van der Waals surface area contributed by atoms with Gasteiger partial charge in [-0.3, -0.25) is 9.69 Å². The van der Waals surface area contributed by atoms with Crippen LogP contribution in [0.3, 0.4) is 0 Å². The summed E-state index contributed by atoms with van der Waals surface area (Å²) in [5, 5.41) is 0. The van der Waals surface area contributed by atoms with Crippen LogP contribution in [-0.4, -0.2) is 43.5 Å². The molecule has 1 aliphatic heterocycles. The number of Topliss-reactive ketones (excluding diaryl/α,β-unsaturated/α-hetero) is 1. The van der Waals surface area contributed by atoms with Crippen LogP contribution in [-0.2, 0) is 4.74 Å². The fourth-order valence-corrected chi connectivity index (χ4v) is 2.28. The predicted molar refractivity (Wildman–Crippen MR) is 67.2 cm³/mol. The van der Waals surface area contributed by atoms with Gasteiger partial charge in [-0.2, -0.15) is 0 Å². The Labute approximate surface area is 111 Å². The second-order valence-corrected chi connectivity index (χ2v) is 4.81. The first kappa shape index (κ1) is 14.1. The molecule has 0 aliphatic carbocycles. The molecule has 1 fully saturated rings. The largest absolute Gasteiger partial charge is 0.381 e. The Bertz CT molecular complexity index is 459. The maximum atomic E-state index is 13.5. The van der Waals surface area contributed by atoms with Crippen LogP contribution in [0.25, 0.3) is 0 Å². The quantitative estimate of drug-likeness (QED) is 0.785. The highest BCUT2D eigenvalue weighted by Gasteiger charge is 2.22. The van der Waals surface area contributed by atoms with Crippen molar-refractivity contribution in [2.24, 2.45) is 0 Å². The summed E-state index contributed by atoms with van der Waals surface area (Å²) in [5.74, 6) is -1.80. The van der Waals surface area contributed by atoms with E-state index in [0.717, 1.165) is 25.0 Å². The molecule has 1 heterocycles. The molecule has 19 heavy (non-hydrogen) atoms. The Morgan fingerprint density at radius 2 is 2.05 bits per heavy atom. The summed E-state index contributed by atoms with van der Waals surface area (Å²) in [5.41, 5.74) is -0.0553. The number of carbonyl (C=O) groups excluding carboxylic acids is 1. The first-order valence-electron chi connectivity index (χ1n) is 6.34. The van der Waals surface area contributed by atoms with E-state index in [1.807, 2.05) is 11.9 Å². The van der Waals surface area contributed by atoms with Gasteiger partial charge in [-0.25, -0.2) is 8.78 Å². The van der Waals surface area contributed by atoms with Gasteiger partial charge in [0.25, 0.3) is 0 Å². The fourth-order valence-electron chi connectivity index (χ4n) is 2.28. The molecule has 5 heteroatoms. The predicted octanol–water partition coefficient (Wildman–Crippen LogP) is 2.26. The Kier molecular flexibility index (Phi) is 4.61. The molecule has 0 amide bonds. The zero-order valence-electron chi connectivity index (χ0n) is 10.9. The molecule has 3 nitrogen and oxygen atoms in total. The molecule has 104 valence electrons. The highest BCUT2D eigenvalue weighted by molar-refractivity contribution is 5.97. The van der Waals surface area contributed by atoms with Crippen LogP contribution in [0.2, 0.25) is 0 Å². The highest BCUT2D eigenvalue weighted by atomic mass is 19.1. The van der Waals surface area contributed by atoms with E-state index in [9.17, 15) is 13.6 Å². The molecule has 1 aromatic rings. The first-order chi connectivity index (χ1) is 9.08. The van der Waals surface area contributed by atoms with E-state index in [-0.39, 0.29) is 23.9 Å². The summed E-state index contributed by atoms with van der Waals surface area (Å²) < 4.78 is 31.5. The summed E-state index contributed by atoms with van der Waals surface area (Å²) in [4.78, 5) is 13.9. The van der Waals surface area contributed by atoms with Crippen LogP contribution in [0, 0.1) is 11.6 Å². The normalized spacial score (nSPS) is 16.8. The molecule has 1 aromatic carbocycles. The van der Waals surface area contributed by atoms with Crippen molar-refractivity contribution in [3.05, 3.63) is 35.4 Å². The van der Waals surface area contributed by atoms with Crippen LogP contribution >= 0.6 is 0 Å². The van der Waals surface area contributed by atoms with Crippen molar-refractivity contribution in [3.63, 3.8) is 0 Å². The number of carbonyl (C=O) groups is 1. The van der Waals surface area contributed by atoms with Gasteiger partial charge in [0.15, 0.2) is 5.78 Å².